The first-order valence-corrected chi connectivity index (χ1v) is 10.3. The highest BCUT2D eigenvalue weighted by atomic mass is 35.5. The number of nitrogens with zero attached hydrogens (tertiary/aromatic N) is 3. The molecule has 32 heavy (non-hydrogen) atoms. The van der Waals surface area contributed by atoms with Crippen molar-refractivity contribution in [1.82, 2.24) is 9.55 Å². The highest BCUT2D eigenvalue weighted by Gasteiger charge is 2.21. The first kappa shape index (κ1) is 23.3. The number of rotatable bonds is 6. The molecule has 1 heterocycles. The van der Waals surface area contributed by atoms with Gasteiger partial charge in [-0.3, -0.25) is 0 Å². The minimum atomic E-state index is -0.302. The number of hydrogen-bond donors (Lipinski definition) is 0. The molecule has 0 N–H and O–H groups in total. The first-order chi connectivity index (χ1) is 15.1. The summed E-state index contributed by atoms with van der Waals surface area (Å²) in [5, 5.41) is 9.75. The van der Waals surface area contributed by atoms with Crippen molar-refractivity contribution in [3.05, 3.63) is 113 Å². The molecule has 0 aliphatic heterocycles. The van der Waals surface area contributed by atoms with Gasteiger partial charge in [-0.2, -0.15) is 5.26 Å². The Balaban J connectivity index is 0.00000289. The Morgan fingerprint density at radius 3 is 2.47 bits per heavy atom. The maximum absolute atomic E-state index is 9.75. The quantitative estimate of drug-likeness (QED) is 0.351. The van der Waals surface area contributed by atoms with E-state index < -0.39 is 0 Å². The molecule has 1 aromatic heterocycles. The molecule has 0 amide bonds. The molecular formula is C27H26ClN3O. The standard InChI is InChI=1S/C27H25N3O.ClH/c1-19-8-7-11-24(20(19)2)25-14-22(12-13-23(25)15-28)27(26-16-29-18-30(26)3)31-17-21-9-5-4-6-10-21;/h4-14,16,18,27H,17H2,1-3H3;1H. The summed E-state index contributed by atoms with van der Waals surface area (Å²) < 4.78 is 8.39. The van der Waals surface area contributed by atoms with Gasteiger partial charge in [-0.15, -0.1) is 12.4 Å². The van der Waals surface area contributed by atoms with Crippen LogP contribution in [-0.4, -0.2) is 9.55 Å². The predicted octanol–water partition coefficient (Wildman–Crippen LogP) is 6.30. The molecule has 0 saturated heterocycles. The largest absolute Gasteiger partial charge is 0.363 e. The summed E-state index contributed by atoms with van der Waals surface area (Å²) in [6, 6.07) is 24.7. The van der Waals surface area contributed by atoms with Gasteiger partial charge in [0.25, 0.3) is 0 Å². The van der Waals surface area contributed by atoms with Crippen LogP contribution < -0.4 is 0 Å². The highest BCUT2D eigenvalue weighted by molar-refractivity contribution is 5.85. The topological polar surface area (TPSA) is 50.8 Å². The molecule has 0 bridgehead atoms. The van der Waals surface area contributed by atoms with Crippen LogP contribution in [-0.2, 0) is 18.4 Å². The minimum absolute atomic E-state index is 0. The van der Waals surface area contributed by atoms with Crippen molar-refractivity contribution in [2.75, 3.05) is 0 Å². The summed E-state index contributed by atoms with van der Waals surface area (Å²) in [5.74, 6) is 0. The predicted molar refractivity (Wildman–Crippen MR) is 130 cm³/mol. The third kappa shape index (κ3) is 4.75. The van der Waals surface area contributed by atoms with Crippen LogP contribution in [0.25, 0.3) is 11.1 Å². The molecule has 0 aliphatic carbocycles. The maximum Gasteiger partial charge on any atom is 0.124 e. The fourth-order valence-corrected chi connectivity index (χ4v) is 3.81. The van der Waals surface area contributed by atoms with E-state index in [0.717, 1.165) is 27.9 Å². The van der Waals surface area contributed by atoms with Crippen molar-refractivity contribution < 1.29 is 4.74 Å². The van der Waals surface area contributed by atoms with Crippen LogP contribution in [0.4, 0.5) is 0 Å². The van der Waals surface area contributed by atoms with E-state index in [1.54, 1.807) is 6.33 Å². The van der Waals surface area contributed by atoms with Gasteiger partial charge in [0.1, 0.15) is 6.10 Å². The van der Waals surface area contributed by atoms with E-state index in [1.807, 2.05) is 54.2 Å². The van der Waals surface area contributed by atoms with Gasteiger partial charge < -0.3 is 9.30 Å². The van der Waals surface area contributed by atoms with E-state index in [1.165, 1.54) is 11.1 Å². The van der Waals surface area contributed by atoms with Crippen molar-refractivity contribution in [3.63, 3.8) is 0 Å². The van der Waals surface area contributed by atoms with E-state index in [9.17, 15) is 5.26 Å². The Bertz CT molecular complexity index is 1240. The van der Waals surface area contributed by atoms with Crippen molar-refractivity contribution >= 4 is 12.4 Å². The average molecular weight is 444 g/mol. The molecule has 3 aromatic carbocycles. The third-order valence-electron chi connectivity index (χ3n) is 5.74. The number of halogens is 1. The van der Waals surface area contributed by atoms with Crippen LogP contribution in [0.15, 0.2) is 79.3 Å². The molecule has 0 fully saturated rings. The van der Waals surface area contributed by atoms with Crippen LogP contribution >= 0.6 is 12.4 Å². The molecular weight excluding hydrogens is 418 g/mol. The molecule has 4 rings (SSSR count). The number of benzene rings is 3. The summed E-state index contributed by atoms with van der Waals surface area (Å²) in [4.78, 5) is 4.29. The lowest BCUT2D eigenvalue weighted by molar-refractivity contribution is 0.0622. The zero-order valence-corrected chi connectivity index (χ0v) is 19.3. The molecule has 1 unspecified atom stereocenters. The summed E-state index contributed by atoms with van der Waals surface area (Å²) in [5.41, 5.74) is 8.11. The summed E-state index contributed by atoms with van der Waals surface area (Å²) >= 11 is 0. The second-order valence-electron chi connectivity index (χ2n) is 7.77. The van der Waals surface area contributed by atoms with Crippen molar-refractivity contribution in [3.8, 4) is 17.2 Å². The molecule has 0 radical (unpaired) electrons. The number of hydrogen-bond acceptors (Lipinski definition) is 3. The number of aryl methyl sites for hydroxylation is 2. The Morgan fingerprint density at radius 1 is 1.00 bits per heavy atom. The lowest BCUT2D eigenvalue weighted by atomic mass is 9.91. The van der Waals surface area contributed by atoms with Crippen molar-refractivity contribution in [2.24, 2.45) is 7.05 Å². The molecule has 4 aromatic rings. The molecule has 1 atom stereocenters. The monoisotopic (exact) mass is 443 g/mol. The third-order valence-corrected chi connectivity index (χ3v) is 5.74. The van der Waals surface area contributed by atoms with Crippen LogP contribution in [0.2, 0.25) is 0 Å². The summed E-state index contributed by atoms with van der Waals surface area (Å²) in [6.45, 7) is 4.68. The molecule has 0 spiro atoms. The fourth-order valence-electron chi connectivity index (χ4n) is 3.81. The van der Waals surface area contributed by atoms with E-state index >= 15 is 0 Å². The highest BCUT2D eigenvalue weighted by Crippen LogP contribution is 2.34. The first-order valence-electron chi connectivity index (χ1n) is 10.3. The Kier molecular flexibility index (Phi) is 7.48. The van der Waals surface area contributed by atoms with E-state index in [4.69, 9.17) is 4.74 Å². The lowest BCUT2D eigenvalue weighted by Crippen LogP contribution is -2.11. The molecule has 5 heteroatoms. The second kappa shape index (κ2) is 10.3. The molecule has 4 nitrogen and oxygen atoms in total. The average Bonchev–Trinajstić information content (AvgIpc) is 3.22. The van der Waals surface area contributed by atoms with Gasteiger partial charge >= 0.3 is 0 Å². The number of aromatic nitrogens is 2. The number of ether oxygens (including phenoxy) is 1. The van der Waals surface area contributed by atoms with Crippen LogP contribution in [0.5, 0.6) is 0 Å². The number of imidazole rings is 1. The summed E-state index contributed by atoms with van der Waals surface area (Å²) in [7, 11) is 1.97. The van der Waals surface area contributed by atoms with Gasteiger partial charge in [0.15, 0.2) is 0 Å². The summed E-state index contributed by atoms with van der Waals surface area (Å²) in [6.07, 6.45) is 3.32. The van der Waals surface area contributed by atoms with Crippen molar-refractivity contribution in [1.29, 1.82) is 5.26 Å². The Hall–Kier alpha value is -3.39. The van der Waals surface area contributed by atoms with Crippen LogP contribution in [0.3, 0.4) is 0 Å². The van der Waals surface area contributed by atoms with Crippen LogP contribution in [0, 0.1) is 25.2 Å². The zero-order valence-electron chi connectivity index (χ0n) is 18.4. The van der Waals surface area contributed by atoms with Crippen molar-refractivity contribution in [2.45, 2.75) is 26.6 Å². The smallest absolute Gasteiger partial charge is 0.124 e. The second-order valence-corrected chi connectivity index (χ2v) is 7.77. The zero-order chi connectivity index (χ0) is 21.8. The Morgan fingerprint density at radius 2 is 1.78 bits per heavy atom. The number of nitriles is 1. The van der Waals surface area contributed by atoms with Gasteiger partial charge in [0.2, 0.25) is 0 Å². The Labute approximate surface area is 195 Å². The van der Waals surface area contributed by atoms with Crippen LogP contribution in [0.1, 0.15) is 39.6 Å². The molecule has 0 aliphatic rings. The van der Waals surface area contributed by atoms with E-state index in [0.29, 0.717) is 12.2 Å². The van der Waals surface area contributed by atoms with Gasteiger partial charge in [-0.1, -0.05) is 54.6 Å². The van der Waals surface area contributed by atoms with Gasteiger partial charge in [0.05, 0.1) is 36.5 Å². The fraction of sp³-hybridized carbons (Fsp3) is 0.185. The lowest BCUT2D eigenvalue weighted by Gasteiger charge is -2.21. The minimum Gasteiger partial charge on any atom is -0.363 e. The maximum atomic E-state index is 9.75. The van der Waals surface area contributed by atoms with Gasteiger partial charge in [-0.05, 0) is 53.8 Å². The van der Waals surface area contributed by atoms with Gasteiger partial charge in [-0.25, -0.2) is 4.98 Å². The van der Waals surface area contributed by atoms with E-state index in [2.05, 4.69) is 55.2 Å². The normalized spacial score (nSPS) is 11.4. The SMILES string of the molecule is Cc1cccc(-c2cc(C(OCc3ccccc3)c3cncn3C)ccc2C#N)c1C.Cl. The molecule has 0 saturated carbocycles. The molecule has 162 valence electrons. The van der Waals surface area contributed by atoms with Gasteiger partial charge in [0, 0.05) is 12.6 Å². The van der Waals surface area contributed by atoms with E-state index in [-0.39, 0.29) is 18.5 Å².